The van der Waals surface area contributed by atoms with E-state index >= 15 is 0 Å². The van der Waals surface area contributed by atoms with Crippen molar-refractivity contribution in [1.29, 1.82) is 0 Å². The minimum absolute atomic E-state index is 0.122. The predicted octanol–water partition coefficient (Wildman–Crippen LogP) is 3.62. The summed E-state index contributed by atoms with van der Waals surface area (Å²) in [6.45, 7) is 2.35. The van der Waals surface area contributed by atoms with E-state index in [-0.39, 0.29) is 12.5 Å². The molecule has 0 spiro atoms. The summed E-state index contributed by atoms with van der Waals surface area (Å²) in [5.41, 5.74) is 0.926. The summed E-state index contributed by atoms with van der Waals surface area (Å²) in [7, 11) is 0. The van der Waals surface area contributed by atoms with Gasteiger partial charge in [0.2, 0.25) is 0 Å². The molecule has 4 nitrogen and oxygen atoms in total. The summed E-state index contributed by atoms with van der Waals surface area (Å²) >= 11 is 6.41. The first-order valence-electron chi connectivity index (χ1n) is 7.58. The average molecular weight is 349 g/mol. The van der Waals surface area contributed by atoms with Gasteiger partial charge in [0, 0.05) is 0 Å². The maximum atomic E-state index is 12.4. The molecule has 23 heavy (non-hydrogen) atoms. The molecule has 0 atom stereocenters. The van der Waals surface area contributed by atoms with Crippen LogP contribution in [0, 0.1) is 0 Å². The molecule has 122 valence electrons. The number of benzene rings is 1. The van der Waals surface area contributed by atoms with Crippen LogP contribution in [0.5, 0.6) is 0 Å². The molecule has 6 heteroatoms. The van der Waals surface area contributed by atoms with Crippen LogP contribution in [-0.2, 0) is 14.3 Å². The first kappa shape index (κ1) is 17.7. The van der Waals surface area contributed by atoms with Gasteiger partial charge in [-0.1, -0.05) is 74.1 Å². The molecule has 0 bridgehead atoms. The van der Waals surface area contributed by atoms with Crippen LogP contribution in [-0.4, -0.2) is 34.2 Å². The fourth-order valence-electron chi connectivity index (χ4n) is 2.05. The number of amides is 1. The lowest BCUT2D eigenvalue weighted by atomic mass is 10.2. The number of nitrogens with zero attached hydrogens (tertiary/aromatic N) is 1. The number of hydrogen-bond acceptors (Lipinski definition) is 5. The van der Waals surface area contributed by atoms with Crippen molar-refractivity contribution < 1.29 is 14.3 Å². The van der Waals surface area contributed by atoms with Crippen LogP contribution in [0.4, 0.5) is 0 Å². The van der Waals surface area contributed by atoms with Crippen molar-refractivity contribution in [3.05, 3.63) is 40.8 Å². The summed E-state index contributed by atoms with van der Waals surface area (Å²) < 4.78 is 5.53. The average Bonchev–Trinajstić information content (AvgIpc) is 2.80. The quantitative estimate of drug-likeness (QED) is 0.326. The minimum atomic E-state index is -0.418. The van der Waals surface area contributed by atoms with E-state index in [4.69, 9.17) is 17.0 Å². The van der Waals surface area contributed by atoms with Crippen LogP contribution in [0.2, 0.25) is 0 Å². The Morgan fingerprint density at radius 3 is 2.74 bits per heavy atom. The summed E-state index contributed by atoms with van der Waals surface area (Å²) in [4.78, 5) is 26.0. The number of thiocarbonyl (C=S) groups is 1. The van der Waals surface area contributed by atoms with E-state index < -0.39 is 5.97 Å². The highest BCUT2D eigenvalue weighted by molar-refractivity contribution is 8.26. The van der Waals surface area contributed by atoms with Crippen molar-refractivity contribution in [2.45, 2.75) is 26.2 Å². The fraction of sp³-hybridized carbons (Fsp3) is 0.353. The van der Waals surface area contributed by atoms with Gasteiger partial charge in [0.1, 0.15) is 10.9 Å². The Balaban J connectivity index is 1.94. The van der Waals surface area contributed by atoms with Crippen molar-refractivity contribution in [2.24, 2.45) is 0 Å². The van der Waals surface area contributed by atoms with Crippen molar-refractivity contribution in [3.63, 3.8) is 0 Å². The second-order valence-electron chi connectivity index (χ2n) is 5.11. The zero-order valence-corrected chi connectivity index (χ0v) is 14.6. The smallest absolute Gasteiger partial charge is 0.326 e. The van der Waals surface area contributed by atoms with E-state index in [9.17, 15) is 9.59 Å². The third-order valence-corrected chi connectivity index (χ3v) is 4.65. The Labute approximate surface area is 145 Å². The molecule has 0 unspecified atom stereocenters. The molecular weight excluding hydrogens is 330 g/mol. The second-order valence-corrected chi connectivity index (χ2v) is 6.78. The van der Waals surface area contributed by atoms with Gasteiger partial charge in [0.25, 0.3) is 5.91 Å². The Bertz CT molecular complexity index is 614. The molecule has 1 aromatic carbocycles. The number of unbranched alkanes of at least 4 members (excludes halogenated alkanes) is 2. The standard InChI is InChI=1S/C17H19NO3S2/c1-2-3-7-10-21-15(19)12-18-16(20)14(23-17(18)22)11-13-8-5-4-6-9-13/h4-6,8-9,11H,2-3,7,10,12H2,1H3/b14-11+. The SMILES string of the molecule is CCCCCOC(=O)CN1C(=O)/C(=C\c2ccccc2)SC1=S. The Hall–Kier alpha value is -1.66. The van der Waals surface area contributed by atoms with E-state index in [0.717, 1.165) is 24.8 Å². The van der Waals surface area contributed by atoms with Gasteiger partial charge >= 0.3 is 5.97 Å². The molecule has 0 radical (unpaired) electrons. The number of thioether (sulfide) groups is 1. The Morgan fingerprint density at radius 1 is 1.30 bits per heavy atom. The Kier molecular flexibility index (Phi) is 6.80. The van der Waals surface area contributed by atoms with Crippen LogP contribution in [0.1, 0.15) is 31.7 Å². The zero-order valence-electron chi connectivity index (χ0n) is 13.0. The highest BCUT2D eigenvalue weighted by Crippen LogP contribution is 2.32. The summed E-state index contributed by atoms with van der Waals surface area (Å²) in [5, 5.41) is 0. The number of ether oxygens (including phenoxy) is 1. The van der Waals surface area contributed by atoms with Crippen LogP contribution >= 0.6 is 24.0 Å². The van der Waals surface area contributed by atoms with Gasteiger partial charge in [-0.2, -0.15) is 0 Å². The van der Waals surface area contributed by atoms with Crippen LogP contribution < -0.4 is 0 Å². The van der Waals surface area contributed by atoms with Crippen molar-refractivity contribution in [2.75, 3.05) is 13.2 Å². The molecule has 0 saturated carbocycles. The van der Waals surface area contributed by atoms with Gasteiger partial charge in [-0.25, -0.2) is 0 Å². The molecule has 0 N–H and O–H groups in total. The van der Waals surface area contributed by atoms with E-state index in [1.54, 1.807) is 6.08 Å². The lowest BCUT2D eigenvalue weighted by Gasteiger charge is -2.13. The van der Waals surface area contributed by atoms with Crippen molar-refractivity contribution >= 4 is 46.3 Å². The van der Waals surface area contributed by atoms with Crippen LogP contribution in [0.15, 0.2) is 35.2 Å². The monoisotopic (exact) mass is 349 g/mol. The molecule has 1 heterocycles. The summed E-state index contributed by atoms with van der Waals surface area (Å²) in [5.74, 6) is -0.660. The molecule has 1 amide bonds. The summed E-state index contributed by atoms with van der Waals surface area (Å²) in [6, 6.07) is 9.54. The lowest BCUT2D eigenvalue weighted by molar-refractivity contribution is -0.146. The number of carbonyl (C=O) groups excluding carboxylic acids is 2. The van der Waals surface area contributed by atoms with Gasteiger partial charge in [-0.05, 0) is 18.1 Å². The van der Waals surface area contributed by atoms with Crippen molar-refractivity contribution in [3.8, 4) is 0 Å². The van der Waals surface area contributed by atoms with Gasteiger partial charge in [0.05, 0.1) is 11.5 Å². The molecule has 0 aliphatic carbocycles. The highest BCUT2D eigenvalue weighted by atomic mass is 32.2. The first-order chi connectivity index (χ1) is 11.1. The first-order valence-corrected chi connectivity index (χ1v) is 8.80. The lowest BCUT2D eigenvalue weighted by Crippen LogP contribution is -2.34. The van der Waals surface area contributed by atoms with Gasteiger partial charge in [-0.3, -0.25) is 14.5 Å². The minimum Gasteiger partial charge on any atom is -0.464 e. The third kappa shape index (κ3) is 5.18. The molecule has 1 fully saturated rings. The van der Waals surface area contributed by atoms with E-state index in [1.165, 1.54) is 16.7 Å². The van der Waals surface area contributed by atoms with Gasteiger partial charge in [-0.15, -0.1) is 0 Å². The number of carbonyl (C=O) groups is 2. The molecule has 0 aromatic heterocycles. The second kappa shape index (κ2) is 8.84. The normalized spacial score (nSPS) is 16.2. The third-order valence-electron chi connectivity index (χ3n) is 3.27. The molecule has 1 aliphatic rings. The van der Waals surface area contributed by atoms with Crippen molar-refractivity contribution in [1.82, 2.24) is 4.90 Å². The van der Waals surface area contributed by atoms with E-state index in [2.05, 4.69) is 6.92 Å². The van der Waals surface area contributed by atoms with Gasteiger partial charge < -0.3 is 4.74 Å². The predicted molar refractivity (Wildman–Crippen MR) is 96.8 cm³/mol. The van der Waals surface area contributed by atoms with Crippen LogP contribution in [0.25, 0.3) is 6.08 Å². The topological polar surface area (TPSA) is 46.6 Å². The molecule has 1 aliphatic heterocycles. The highest BCUT2D eigenvalue weighted by Gasteiger charge is 2.33. The molecule has 2 rings (SSSR count). The maximum Gasteiger partial charge on any atom is 0.326 e. The number of esters is 1. The zero-order chi connectivity index (χ0) is 16.7. The molecule has 1 saturated heterocycles. The summed E-state index contributed by atoms with van der Waals surface area (Å²) in [6.07, 6.45) is 4.71. The maximum absolute atomic E-state index is 12.4. The Morgan fingerprint density at radius 2 is 2.04 bits per heavy atom. The number of rotatable bonds is 7. The molecule has 1 aromatic rings. The van der Waals surface area contributed by atoms with E-state index in [1.807, 2.05) is 30.3 Å². The largest absolute Gasteiger partial charge is 0.464 e. The molecular formula is C17H19NO3S2. The van der Waals surface area contributed by atoms with Crippen LogP contribution in [0.3, 0.4) is 0 Å². The number of hydrogen-bond donors (Lipinski definition) is 0. The fourth-order valence-corrected chi connectivity index (χ4v) is 3.30. The van der Waals surface area contributed by atoms with Gasteiger partial charge in [0.15, 0.2) is 0 Å². The van der Waals surface area contributed by atoms with E-state index in [0.29, 0.717) is 15.8 Å².